The van der Waals surface area contributed by atoms with Gasteiger partial charge >= 0.3 is 0 Å². The molecule has 0 atom stereocenters. The minimum absolute atomic E-state index is 0. The number of aryl methyl sites for hydroxylation is 2. The highest BCUT2D eigenvalue weighted by Gasteiger charge is 2.29. The van der Waals surface area contributed by atoms with Crippen LogP contribution in [0.3, 0.4) is 0 Å². The van der Waals surface area contributed by atoms with Crippen LogP contribution in [-0.4, -0.2) is 13.2 Å². The van der Waals surface area contributed by atoms with E-state index >= 15 is 0 Å². The SMILES string of the molecule is CO/C(=C1/CCc2cc(C)ccc2N1C(C)C)c1cc[n+](C(C)C)c2ccccc12.I. The van der Waals surface area contributed by atoms with Gasteiger partial charge < -0.3 is 9.64 Å². The number of rotatable bonds is 4. The summed E-state index contributed by atoms with van der Waals surface area (Å²) < 4.78 is 8.46. The van der Waals surface area contributed by atoms with E-state index in [9.17, 15) is 0 Å². The molecule has 3 aromatic rings. The molecule has 164 valence electrons. The highest BCUT2D eigenvalue weighted by molar-refractivity contribution is 14.0. The summed E-state index contributed by atoms with van der Waals surface area (Å²) in [4.78, 5) is 2.47. The molecule has 0 amide bonds. The Labute approximate surface area is 203 Å². The van der Waals surface area contributed by atoms with Gasteiger partial charge in [0.05, 0.1) is 18.2 Å². The summed E-state index contributed by atoms with van der Waals surface area (Å²) in [5.41, 5.74) is 7.74. The highest BCUT2D eigenvalue weighted by atomic mass is 127. The second kappa shape index (κ2) is 9.60. The van der Waals surface area contributed by atoms with Crippen molar-refractivity contribution in [1.82, 2.24) is 0 Å². The first-order valence-corrected chi connectivity index (χ1v) is 11.0. The first-order chi connectivity index (χ1) is 14.4. The maximum absolute atomic E-state index is 6.13. The predicted molar refractivity (Wildman–Crippen MR) is 141 cm³/mol. The third kappa shape index (κ3) is 4.32. The molecular formula is C27H34IN2O+. The van der Waals surface area contributed by atoms with Crippen molar-refractivity contribution in [3.05, 3.63) is 77.1 Å². The molecule has 1 aliphatic rings. The molecule has 0 saturated carbocycles. The zero-order valence-corrected chi connectivity index (χ0v) is 21.8. The van der Waals surface area contributed by atoms with Gasteiger partial charge in [-0.3, -0.25) is 0 Å². The number of allylic oxidation sites excluding steroid dienone is 1. The van der Waals surface area contributed by atoms with E-state index in [2.05, 4.69) is 98.8 Å². The average molecular weight is 529 g/mol. The van der Waals surface area contributed by atoms with Crippen LogP contribution in [0.25, 0.3) is 16.7 Å². The molecule has 0 unspecified atom stereocenters. The van der Waals surface area contributed by atoms with Crippen molar-refractivity contribution in [2.24, 2.45) is 0 Å². The largest absolute Gasteiger partial charge is 0.494 e. The van der Waals surface area contributed by atoms with Crippen molar-refractivity contribution in [2.75, 3.05) is 12.0 Å². The number of benzene rings is 2. The molecule has 1 aliphatic heterocycles. The molecule has 0 N–H and O–H groups in total. The van der Waals surface area contributed by atoms with Gasteiger partial charge in [-0.2, -0.15) is 4.57 Å². The Balaban J connectivity index is 0.00000272. The lowest BCUT2D eigenvalue weighted by molar-refractivity contribution is -0.691. The lowest BCUT2D eigenvalue weighted by atomic mass is 9.93. The van der Waals surface area contributed by atoms with Gasteiger partial charge in [0.1, 0.15) is 5.76 Å². The van der Waals surface area contributed by atoms with Gasteiger partial charge in [0.2, 0.25) is 5.52 Å². The van der Waals surface area contributed by atoms with Gasteiger partial charge in [-0.05, 0) is 65.2 Å². The Morgan fingerprint density at radius 2 is 1.74 bits per heavy atom. The molecular weight excluding hydrogens is 495 g/mol. The molecule has 31 heavy (non-hydrogen) atoms. The van der Waals surface area contributed by atoms with E-state index in [1.807, 2.05) is 7.11 Å². The van der Waals surface area contributed by atoms with Crippen molar-refractivity contribution in [1.29, 1.82) is 0 Å². The van der Waals surface area contributed by atoms with E-state index in [0.29, 0.717) is 12.1 Å². The zero-order chi connectivity index (χ0) is 21.4. The highest BCUT2D eigenvalue weighted by Crippen LogP contribution is 2.39. The van der Waals surface area contributed by atoms with Gasteiger partial charge in [0.25, 0.3) is 0 Å². The number of hydrogen-bond acceptors (Lipinski definition) is 2. The Morgan fingerprint density at radius 3 is 2.42 bits per heavy atom. The molecule has 0 bridgehead atoms. The van der Waals surface area contributed by atoms with Crippen LogP contribution in [-0.2, 0) is 11.2 Å². The van der Waals surface area contributed by atoms with Gasteiger partial charge in [-0.15, -0.1) is 24.0 Å². The number of anilines is 1. The van der Waals surface area contributed by atoms with Gasteiger partial charge in [0, 0.05) is 29.4 Å². The number of fused-ring (bicyclic) bond motifs is 2. The van der Waals surface area contributed by atoms with Crippen LogP contribution < -0.4 is 9.47 Å². The van der Waals surface area contributed by atoms with E-state index in [1.54, 1.807) is 0 Å². The number of methoxy groups -OCH3 is 1. The van der Waals surface area contributed by atoms with Crippen LogP contribution in [0, 0.1) is 6.92 Å². The van der Waals surface area contributed by atoms with Crippen LogP contribution >= 0.6 is 24.0 Å². The number of halogens is 1. The number of pyridine rings is 1. The van der Waals surface area contributed by atoms with Crippen LogP contribution in [0.1, 0.15) is 56.8 Å². The van der Waals surface area contributed by atoms with E-state index in [0.717, 1.165) is 18.6 Å². The number of ether oxygens (including phenoxy) is 1. The molecule has 0 radical (unpaired) electrons. The fourth-order valence-corrected chi connectivity index (χ4v) is 4.76. The number of aromatic nitrogens is 1. The quantitative estimate of drug-likeness (QED) is 0.210. The average Bonchev–Trinajstić information content (AvgIpc) is 2.73. The first-order valence-electron chi connectivity index (χ1n) is 11.0. The Hall–Kier alpha value is -2.08. The molecule has 4 rings (SSSR count). The van der Waals surface area contributed by atoms with E-state index < -0.39 is 0 Å². The number of para-hydroxylation sites is 1. The second-order valence-corrected chi connectivity index (χ2v) is 8.82. The summed E-state index contributed by atoms with van der Waals surface area (Å²) in [5, 5.41) is 1.23. The maximum atomic E-state index is 6.13. The van der Waals surface area contributed by atoms with Gasteiger partial charge in [-0.1, -0.05) is 29.8 Å². The predicted octanol–water partition coefficient (Wildman–Crippen LogP) is 6.81. The Kier molecular flexibility index (Phi) is 7.30. The molecule has 0 aliphatic carbocycles. The Morgan fingerprint density at radius 1 is 1.00 bits per heavy atom. The van der Waals surface area contributed by atoms with Crippen molar-refractivity contribution in [2.45, 2.75) is 59.5 Å². The fourth-order valence-electron chi connectivity index (χ4n) is 4.76. The summed E-state index contributed by atoms with van der Waals surface area (Å²) in [6.45, 7) is 11.1. The maximum Gasteiger partial charge on any atom is 0.213 e. The zero-order valence-electron chi connectivity index (χ0n) is 19.5. The molecule has 0 saturated heterocycles. The summed E-state index contributed by atoms with van der Waals surface area (Å²) in [5.74, 6) is 0.988. The van der Waals surface area contributed by atoms with E-state index in [4.69, 9.17) is 4.74 Å². The van der Waals surface area contributed by atoms with Crippen LogP contribution in [0.15, 0.2) is 60.4 Å². The molecule has 1 aromatic heterocycles. The van der Waals surface area contributed by atoms with Crippen LogP contribution in [0.5, 0.6) is 0 Å². The summed E-state index contributed by atoms with van der Waals surface area (Å²) in [6, 6.07) is 18.4. The third-order valence-electron chi connectivity index (χ3n) is 6.07. The van der Waals surface area contributed by atoms with Crippen LogP contribution in [0.2, 0.25) is 0 Å². The van der Waals surface area contributed by atoms with Gasteiger partial charge in [-0.25, -0.2) is 0 Å². The molecule has 2 heterocycles. The van der Waals surface area contributed by atoms with E-state index in [1.165, 1.54) is 39.0 Å². The summed E-state index contributed by atoms with van der Waals surface area (Å²) >= 11 is 0. The molecule has 2 aromatic carbocycles. The summed E-state index contributed by atoms with van der Waals surface area (Å²) in [6.07, 6.45) is 4.21. The second-order valence-electron chi connectivity index (χ2n) is 8.82. The monoisotopic (exact) mass is 529 g/mol. The standard InChI is InChI=1S/C27H33N2O.HI/c1-18(2)28-16-15-23(22-9-7-8-10-25(22)28)27(30-6)26-14-12-21-17-20(5)11-13-24(21)29(26)19(3)4;/h7-11,13,15-19H,12,14H2,1-6H3;1H/q+1;. The summed E-state index contributed by atoms with van der Waals surface area (Å²) in [7, 11) is 1.81. The molecule has 0 spiro atoms. The smallest absolute Gasteiger partial charge is 0.213 e. The molecule has 4 heteroatoms. The van der Waals surface area contributed by atoms with Gasteiger partial charge in [0.15, 0.2) is 12.2 Å². The molecule has 3 nitrogen and oxygen atoms in total. The minimum atomic E-state index is 0. The van der Waals surface area contributed by atoms with Crippen molar-refractivity contribution >= 4 is 46.3 Å². The minimum Gasteiger partial charge on any atom is -0.494 e. The lowest BCUT2D eigenvalue weighted by Gasteiger charge is -2.38. The van der Waals surface area contributed by atoms with Crippen molar-refractivity contribution < 1.29 is 9.30 Å². The third-order valence-corrected chi connectivity index (χ3v) is 6.07. The normalized spacial score (nSPS) is 15.2. The topological polar surface area (TPSA) is 16.4 Å². The fraction of sp³-hybridized carbons (Fsp3) is 0.370. The van der Waals surface area contributed by atoms with Crippen LogP contribution in [0.4, 0.5) is 5.69 Å². The van der Waals surface area contributed by atoms with Crippen molar-refractivity contribution in [3.8, 4) is 0 Å². The van der Waals surface area contributed by atoms with E-state index in [-0.39, 0.29) is 24.0 Å². The lowest BCUT2D eigenvalue weighted by Crippen LogP contribution is -2.37. The Bertz CT molecular complexity index is 1120. The first kappa shape index (κ1) is 23.6. The number of nitrogens with zero attached hydrogens (tertiary/aromatic N) is 2. The molecule has 0 fully saturated rings. The van der Waals surface area contributed by atoms with Crippen molar-refractivity contribution in [3.63, 3.8) is 0 Å². The number of hydrogen-bond donors (Lipinski definition) is 0.